The van der Waals surface area contributed by atoms with Crippen LogP contribution in [0.15, 0.2) is 87.5 Å². The van der Waals surface area contributed by atoms with E-state index >= 15 is 0 Å². The van der Waals surface area contributed by atoms with Crippen LogP contribution in [-0.4, -0.2) is 21.8 Å². The first-order valence-corrected chi connectivity index (χ1v) is 11.8. The van der Waals surface area contributed by atoms with Crippen molar-refractivity contribution in [3.05, 3.63) is 84.3 Å². The molecule has 4 rings (SSSR count). The van der Waals surface area contributed by atoms with Crippen molar-refractivity contribution >= 4 is 36.5 Å². The molecule has 0 unspecified atom stereocenters. The Morgan fingerprint density at radius 3 is 2.37 bits per heavy atom. The number of fused-ring (bicyclic) bond motifs is 1. The number of rotatable bonds is 6. The Bertz CT molecular complexity index is 1400. The molecule has 30 heavy (non-hydrogen) atoms. The van der Waals surface area contributed by atoms with Gasteiger partial charge in [0.15, 0.2) is 5.03 Å². The van der Waals surface area contributed by atoms with E-state index in [1.165, 1.54) is 6.07 Å². The number of sulfonamides is 1. The molecule has 0 aliphatic rings. The highest BCUT2D eigenvalue weighted by atomic mass is 32.2. The third kappa shape index (κ3) is 4.05. The van der Waals surface area contributed by atoms with Crippen LogP contribution in [-0.2, 0) is 25.6 Å². The number of nitrogens with zero attached hydrogens (tertiary/aromatic N) is 1. The topological polar surface area (TPSA) is 106 Å². The number of nitrogens with one attached hydrogen (secondary N) is 1. The average molecular weight is 446 g/mol. The minimum Gasteiger partial charge on any atom is -0.443 e. The summed E-state index contributed by atoms with van der Waals surface area (Å²) in [6.07, 6.45) is 0.719. The first kappa shape index (κ1) is 20.0. The second-order valence-electron chi connectivity index (χ2n) is 6.46. The van der Waals surface area contributed by atoms with Crippen LogP contribution >= 0.6 is 0 Å². The Morgan fingerprint density at radius 1 is 0.933 bits per heavy atom. The van der Waals surface area contributed by atoms with Crippen molar-refractivity contribution in [1.82, 2.24) is 4.98 Å². The van der Waals surface area contributed by atoms with Crippen molar-refractivity contribution in [2.45, 2.75) is 15.9 Å². The maximum Gasteiger partial charge on any atom is 0.295 e. The van der Waals surface area contributed by atoms with Crippen molar-refractivity contribution < 1.29 is 25.6 Å². The predicted molar refractivity (Wildman–Crippen MR) is 109 cm³/mol. The number of anilines is 1. The zero-order valence-corrected chi connectivity index (χ0v) is 17.0. The Balaban J connectivity index is 1.73. The van der Waals surface area contributed by atoms with Gasteiger partial charge in [0.05, 0.1) is 17.6 Å². The van der Waals surface area contributed by atoms with Gasteiger partial charge in [-0.2, -0.15) is 8.42 Å². The van der Waals surface area contributed by atoms with E-state index in [2.05, 4.69) is 9.71 Å². The molecule has 0 saturated heterocycles. The molecule has 4 aromatic rings. The molecule has 2 aromatic carbocycles. The molecule has 0 spiro atoms. The summed E-state index contributed by atoms with van der Waals surface area (Å²) in [6, 6.07) is 17.0. The maximum absolute atomic E-state index is 13.8. The third-order valence-corrected chi connectivity index (χ3v) is 7.07. The van der Waals surface area contributed by atoms with Crippen LogP contribution < -0.4 is 4.72 Å². The van der Waals surface area contributed by atoms with Gasteiger partial charge in [-0.25, -0.2) is 17.8 Å². The van der Waals surface area contributed by atoms with E-state index in [1.54, 1.807) is 54.6 Å². The summed E-state index contributed by atoms with van der Waals surface area (Å²) < 4.78 is 72.5. The number of furan rings is 1. The second kappa shape index (κ2) is 7.54. The van der Waals surface area contributed by atoms with E-state index in [9.17, 15) is 21.2 Å². The lowest BCUT2D eigenvalue weighted by Crippen LogP contribution is -2.17. The van der Waals surface area contributed by atoms with Gasteiger partial charge in [0.2, 0.25) is 14.9 Å². The van der Waals surface area contributed by atoms with Gasteiger partial charge in [-0.1, -0.05) is 48.5 Å². The molecule has 7 nitrogen and oxygen atoms in total. The maximum atomic E-state index is 13.8. The van der Waals surface area contributed by atoms with E-state index in [-0.39, 0.29) is 0 Å². The molecular formula is C20H15FN2O5S2. The van der Waals surface area contributed by atoms with Crippen molar-refractivity contribution in [3.63, 3.8) is 0 Å². The monoisotopic (exact) mass is 446 g/mol. The van der Waals surface area contributed by atoms with Crippen LogP contribution in [0, 0.1) is 5.82 Å². The first-order chi connectivity index (χ1) is 14.2. The van der Waals surface area contributed by atoms with E-state index in [4.69, 9.17) is 4.42 Å². The highest BCUT2D eigenvalue weighted by Gasteiger charge is 2.27. The lowest BCUT2D eigenvalue weighted by Gasteiger charge is -2.11. The van der Waals surface area contributed by atoms with Crippen LogP contribution in [0.25, 0.3) is 11.0 Å². The Hall–Kier alpha value is -3.24. The highest BCUT2D eigenvalue weighted by molar-refractivity contribution is 7.93. The molecule has 10 heteroatoms. The zero-order chi connectivity index (χ0) is 21.4. The number of sulfone groups is 1. The van der Waals surface area contributed by atoms with Gasteiger partial charge in [-0.3, -0.25) is 4.72 Å². The van der Waals surface area contributed by atoms with Crippen molar-refractivity contribution in [1.29, 1.82) is 0 Å². The summed E-state index contributed by atoms with van der Waals surface area (Å²) in [5.74, 6) is -1.32. The lowest BCUT2D eigenvalue weighted by atomic mass is 10.2. The number of para-hydroxylation sites is 1. The van der Waals surface area contributed by atoms with Crippen molar-refractivity contribution in [2.24, 2.45) is 0 Å². The van der Waals surface area contributed by atoms with Crippen LogP contribution in [0.2, 0.25) is 0 Å². The summed E-state index contributed by atoms with van der Waals surface area (Å²) in [4.78, 5) is 3.65. The highest BCUT2D eigenvalue weighted by Crippen LogP contribution is 2.28. The number of aromatic nitrogens is 1. The first-order valence-electron chi connectivity index (χ1n) is 8.68. The van der Waals surface area contributed by atoms with E-state index in [1.807, 2.05) is 0 Å². The SMILES string of the molecule is O=S(=O)(Cc1ccccc1)c1ncc(F)cc1NS(=O)(=O)c1cc2ccccc2o1. The Morgan fingerprint density at radius 2 is 1.63 bits per heavy atom. The Labute approximate surface area is 172 Å². The standard InChI is InChI=1S/C20H15FN2O5S2/c21-16-11-17(20(22-12-16)29(24,25)13-14-6-2-1-3-7-14)23-30(26,27)19-10-15-8-4-5-9-18(15)28-19/h1-12,23H,13H2. The third-order valence-electron chi connectivity index (χ3n) is 4.22. The average Bonchev–Trinajstić information content (AvgIpc) is 3.13. The van der Waals surface area contributed by atoms with Gasteiger partial charge in [0, 0.05) is 17.5 Å². The molecule has 2 heterocycles. The molecule has 154 valence electrons. The fourth-order valence-corrected chi connectivity index (χ4v) is 5.41. The molecule has 0 amide bonds. The molecule has 2 aromatic heterocycles. The summed E-state index contributed by atoms with van der Waals surface area (Å²) in [7, 11) is -8.41. The van der Waals surface area contributed by atoms with Gasteiger partial charge in [0.1, 0.15) is 11.4 Å². The minimum atomic E-state index is -4.34. The number of benzene rings is 2. The molecule has 0 radical (unpaired) electrons. The number of hydrogen-bond acceptors (Lipinski definition) is 6. The van der Waals surface area contributed by atoms with Crippen molar-refractivity contribution in [2.75, 3.05) is 4.72 Å². The van der Waals surface area contributed by atoms with Gasteiger partial charge >= 0.3 is 0 Å². The van der Waals surface area contributed by atoms with E-state index in [0.717, 1.165) is 12.3 Å². The summed E-state index contributed by atoms with van der Waals surface area (Å²) in [5.41, 5.74) is 0.327. The smallest absolute Gasteiger partial charge is 0.295 e. The number of halogens is 1. The fraction of sp³-hybridized carbons (Fsp3) is 0.0500. The molecular weight excluding hydrogens is 431 g/mol. The van der Waals surface area contributed by atoms with E-state index < -0.39 is 47.2 Å². The van der Waals surface area contributed by atoms with Gasteiger partial charge in [-0.05, 0) is 11.6 Å². The zero-order valence-electron chi connectivity index (χ0n) is 15.3. The largest absolute Gasteiger partial charge is 0.443 e. The van der Waals surface area contributed by atoms with Crippen LogP contribution in [0.1, 0.15) is 5.56 Å². The quantitative estimate of drug-likeness (QED) is 0.484. The number of pyridine rings is 1. The molecule has 0 fully saturated rings. The predicted octanol–water partition coefficient (Wildman–Crippen LogP) is 3.74. The van der Waals surface area contributed by atoms with Crippen LogP contribution in [0.5, 0.6) is 0 Å². The lowest BCUT2D eigenvalue weighted by molar-refractivity contribution is 0.484. The summed E-state index contributed by atoms with van der Waals surface area (Å²) in [5, 5.41) is -0.459. The Kier molecular flexibility index (Phi) is 5.04. The molecule has 0 saturated carbocycles. The van der Waals surface area contributed by atoms with E-state index in [0.29, 0.717) is 16.5 Å². The fourth-order valence-electron chi connectivity index (χ4n) is 2.89. The second-order valence-corrected chi connectivity index (χ2v) is 9.98. The van der Waals surface area contributed by atoms with Crippen LogP contribution in [0.3, 0.4) is 0 Å². The van der Waals surface area contributed by atoms with Crippen LogP contribution in [0.4, 0.5) is 10.1 Å². The van der Waals surface area contributed by atoms with Gasteiger partial charge in [-0.15, -0.1) is 0 Å². The normalized spacial score (nSPS) is 12.2. The summed E-state index contributed by atoms with van der Waals surface area (Å²) >= 11 is 0. The molecule has 0 aliphatic carbocycles. The van der Waals surface area contributed by atoms with Gasteiger partial charge < -0.3 is 4.42 Å². The van der Waals surface area contributed by atoms with Crippen molar-refractivity contribution in [3.8, 4) is 0 Å². The molecule has 0 aliphatic heterocycles. The molecule has 1 N–H and O–H groups in total. The summed E-state index contributed by atoms with van der Waals surface area (Å²) in [6.45, 7) is 0. The van der Waals surface area contributed by atoms with Gasteiger partial charge in [0.25, 0.3) is 10.0 Å². The number of hydrogen-bond donors (Lipinski definition) is 1. The minimum absolute atomic E-state index is 0.340. The molecule has 0 atom stereocenters. The molecule has 0 bridgehead atoms.